The monoisotopic (exact) mass is 370 g/mol. The molecule has 0 atom stereocenters. The van der Waals surface area contributed by atoms with Gasteiger partial charge in [-0.05, 0) is 36.6 Å². The van der Waals surface area contributed by atoms with Crippen LogP contribution in [0, 0.1) is 10.1 Å². The molecule has 0 saturated carbocycles. The summed E-state index contributed by atoms with van der Waals surface area (Å²) in [6.45, 7) is 1.85. The molecule has 2 heterocycles. The maximum atomic E-state index is 12.7. The fourth-order valence-electron chi connectivity index (χ4n) is 3.29. The Morgan fingerprint density at radius 3 is 2.67 bits per heavy atom. The molecule has 8 nitrogen and oxygen atoms in total. The number of hydrogen-bond donors (Lipinski definition) is 0. The van der Waals surface area contributed by atoms with Crippen molar-refractivity contribution < 1.29 is 23.9 Å². The number of non-ortho nitro benzene ring substituents is 1. The Kier molecular flexibility index (Phi) is 4.53. The summed E-state index contributed by atoms with van der Waals surface area (Å²) in [5.74, 6) is 0.676. The zero-order valence-electron chi connectivity index (χ0n) is 14.6. The third-order valence-electron chi connectivity index (χ3n) is 4.66. The van der Waals surface area contributed by atoms with Crippen molar-refractivity contribution in [3.05, 3.63) is 57.6 Å². The Morgan fingerprint density at radius 2 is 1.89 bits per heavy atom. The van der Waals surface area contributed by atoms with E-state index in [1.165, 1.54) is 12.1 Å². The minimum atomic E-state index is -0.585. The van der Waals surface area contributed by atoms with Crippen LogP contribution in [0.3, 0.4) is 0 Å². The fraction of sp³-hybridized carbons (Fsp3) is 0.316. The normalized spacial score (nSPS) is 15.0. The number of rotatable bonds is 5. The summed E-state index contributed by atoms with van der Waals surface area (Å²) in [4.78, 5) is 25.3. The van der Waals surface area contributed by atoms with Gasteiger partial charge < -0.3 is 19.1 Å². The Morgan fingerprint density at radius 1 is 1.11 bits per heavy atom. The van der Waals surface area contributed by atoms with Gasteiger partial charge in [-0.3, -0.25) is 10.1 Å². The summed E-state index contributed by atoms with van der Waals surface area (Å²) in [6.07, 6.45) is 2.06. The number of nitro groups is 1. The largest absolute Gasteiger partial charge is 0.457 e. The standard InChI is InChI=1S/C19H18N2O6/c22-19(25-11-13-3-6-17-18(9-13)27-12-26-17)15-10-14(21(23)24)4-5-16(15)20-7-1-2-8-20/h3-6,9-10H,1-2,7-8,11-12H2. The predicted octanol–water partition coefficient (Wildman–Crippen LogP) is 3.28. The van der Waals surface area contributed by atoms with E-state index in [0.717, 1.165) is 31.5 Å². The Balaban J connectivity index is 1.54. The number of fused-ring (bicyclic) bond motifs is 1. The fourth-order valence-corrected chi connectivity index (χ4v) is 3.29. The highest BCUT2D eigenvalue weighted by molar-refractivity contribution is 5.96. The van der Waals surface area contributed by atoms with Crippen molar-refractivity contribution in [1.82, 2.24) is 0 Å². The summed E-state index contributed by atoms with van der Waals surface area (Å²) in [5.41, 5.74) is 1.51. The van der Waals surface area contributed by atoms with Gasteiger partial charge in [-0.15, -0.1) is 0 Å². The lowest BCUT2D eigenvalue weighted by Crippen LogP contribution is -2.21. The van der Waals surface area contributed by atoms with Gasteiger partial charge in [-0.25, -0.2) is 4.79 Å². The molecule has 140 valence electrons. The van der Waals surface area contributed by atoms with E-state index < -0.39 is 10.9 Å². The summed E-state index contributed by atoms with van der Waals surface area (Å²) in [7, 11) is 0. The zero-order valence-corrected chi connectivity index (χ0v) is 14.6. The lowest BCUT2D eigenvalue weighted by Gasteiger charge is -2.20. The first-order valence-corrected chi connectivity index (χ1v) is 8.71. The zero-order chi connectivity index (χ0) is 18.8. The predicted molar refractivity (Wildman–Crippen MR) is 96.2 cm³/mol. The molecule has 0 spiro atoms. The van der Waals surface area contributed by atoms with E-state index in [1.807, 2.05) is 0 Å². The van der Waals surface area contributed by atoms with Gasteiger partial charge in [0.05, 0.1) is 16.2 Å². The Hall–Kier alpha value is -3.29. The molecule has 27 heavy (non-hydrogen) atoms. The van der Waals surface area contributed by atoms with E-state index in [9.17, 15) is 14.9 Å². The first-order valence-electron chi connectivity index (χ1n) is 8.71. The van der Waals surface area contributed by atoms with Crippen LogP contribution in [0.2, 0.25) is 0 Å². The average molecular weight is 370 g/mol. The van der Waals surface area contributed by atoms with Crippen LogP contribution in [0.5, 0.6) is 11.5 Å². The number of nitro benzene ring substituents is 1. The van der Waals surface area contributed by atoms with Crippen LogP contribution in [-0.4, -0.2) is 30.8 Å². The molecule has 0 aliphatic carbocycles. The van der Waals surface area contributed by atoms with E-state index in [0.29, 0.717) is 17.2 Å². The minimum Gasteiger partial charge on any atom is -0.457 e. The second kappa shape index (κ2) is 7.14. The van der Waals surface area contributed by atoms with E-state index in [1.54, 1.807) is 24.3 Å². The molecule has 1 fully saturated rings. The number of benzene rings is 2. The van der Waals surface area contributed by atoms with Crippen molar-refractivity contribution in [3.8, 4) is 11.5 Å². The number of carbonyl (C=O) groups excluding carboxylic acids is 1. The molecule has 2 aliphatic heterocycles. The van der Waals surface area contributed by atoms with Crippen molar-refractivity contribution in [2.24, 2.45) is 0 Å². The number of ether oxygens (including phenoxy) is 3. The van der Waals surface area contributed by atoms with Crippen LogP contribution in [-0.2, 0) is 11.3 Å². The topological polar surface area (TPSA) is 91.1 Å². The molecule has 2 aromatic rings. The van der Waals surface area contributed by atoms with Crippen LogP contribution in [0.25, 0.3) is 0 Å². The summed E-state index contributed by atoms with van der Waals surface area (Å²) >= 11 is 0. The molecule has 0 aromatic heterocycles. The molecule has 8 heteroatoms. The number of nitrogens with zero attached hydrogens (tertiary/aromatic N) is 2. The average Bonchev–Trinajstić information content (AvgIpc) is 3.36. The first kappa shape index (κ1) is 17.1. The molecule has 1 saturated heterocycles. The molecule has 0 bridgehead atoms. The lowest BCUT2D eigenvalue weighted by atomic mass is 10.1. The van der Waals surface area contributed by atoms with Crippen molar-refractivity contribution in [2.75, 3.05) is 24.8 Å². The van der Waals surface area contributed by atoms with Gasteiger partial charge in [0.1, 0.15) is 6.61 Å². The smallest absolute Gasteiger partial charge is 0.340 e. The number of anilines is 1. The van der Waals surface area contributed by atoms with Crippen LogP contribution >= 0.6 is 0 Å². The maximum absolute atomic E-state index is 12.7. The molecule has 0 radical (unpaired) electrons. The van der Waals surface area contributed by atoms with E-state index in [-0.39, 0.29) is 24.7 Å². The highest BCUT2D eigenvalue weighted by atomic mass is 16.7. The van der Waals surface area contributed by atoms with Crippen molar-refractivity contribution >= 4 is 17.3 Å². The summed E-state index contributed by atoms with van der Waals surface area (Å²) in [6, 6.07) is 9.63. The van der Waals surface area contributed by atoms with E-state index >= 15 is 0 Å². The van der Waals surface area contributed by atoms with Gasteiger partial charge in [0, 0.05) is 25.2 Å². The minimum absolute atomic E-state index is 0.0393. The molecular weight excluding hydrogens is 352 g/mol. The van der Waals surface area contributed by atoms with Crippen molar-refractivity contribution in [3.63, 3.8) is 0 Å². The Labute approximate surface area is 155 Å². The van der Waals surface area contributed by atoms with Crippen molar-refractivity contribution in [2.45, 2.75) is 19.4 Å². The van der Waals surface area contributed by atoms with Crippen LogP contribution < -0.4 is 14.4 Å². The van der Waals surface area contributed by atoms with Gasteiger partial charge in [-0.1, -0.05) is 6.07 Å². The van der Waals surface area contributed by atoms with Gasteiger partial charge in [0.2, 0.25) is 6.79 Å². The second-order valence-corrected chi connectivity index (χ2v) is 6.42. The lowest BCUT2D eigenvalue weighted by molar-refractivity contribution is -0.384. The van der Waals surface area contributed by atoms with Gasteiger partial charge >= 0.3 is 5.97 Å². The summed E-state index contributed by atoms with van der Waals surface area (Å²) in [5, 5.41) is 11.1. The number of esters is 1. The SMILES string of the molecule is O=C(OCc1ccc2c(c1)OCO2)c1cc([N+](=O)[O-])ccc1N1CCCC1. The van der Waals surface area contributed by atoms with Gasteiger partial charge in [0.25, 0.3) is 5.69 Å². The quantitative estimate of drug-likeness (QED) is 0.453. The second-order valence-electron chi connectivity index (χ2n) is 6.42. The van der Waals surface area contributed by atoms with E-state index in [4.69, 9.17) is 14.2 Å². The number of carbonyl (C=O) groups is 1. The molecular formula is C19H18N2O6. The molecule has 0 N–H and O–H groups in total. The van der Waals surface area contributed by atoms with Crippen LogP contribution in [0.1, 0.15) is 28.8 Å². The summed E-state index contributed by atoms with van der Waals surface area (Å²) < 4.78 is 16.0. The van der Waals surface area contributed by atoms with Crippen LogP contribution in [0.4, 0.5) is 11.4 Å². The molecule has 0 unspecified atom stereocenters. The molecule has 0 amide bonds. The highest BCUT2D eigenvalue weighted by Gasteiger charge is 2.23. The van der Waals surface area contributed by atoms with Crippen molar-refractivity contribution in [1.29, 1.82) is 0 Å². The van der Waals surface area contributed by atoms with E-state index in [2.05, 4.69) is 4.90 Å². The first-order chi connectivity index (χ1) is 13.1. The number of hydrogen-bond acceptors (Lipinski definition) is 7. The van der Waals surface area contributed by atoms with Gasteiger partial charge in [0.15, 0.2) is 11.5 Å². The maximum Gasteiger partial charge on any atom is 0.340 e. The van der Waals surface area contributed by atoms with Crippen LogP contribution in [0.15, 0.2) is 36.4 Å². The Bertz CT molecular complexity index is 892. The third kappa shape index (κ3) is 3.51. The molecule has 4 rings (SSSR count). The highest BCUT2D eigenvalue weighted by Crippen LogP contribution is 2.33. The molecule has 2 aromatic carbocycles. The molecule has 2 aliphatic rings. The van der Waals surface area contributed by atoms with Gasteiger partial charge in [-0.2, -0.15) is 0 Å². The third-order valence-corrected chi connectivity index (χ3v) is 4.66.